The molecule has 0 N–H and O–H groups in total. The molecule has 1 spiro atoms. The van der Waals surface area contributed by atoms with Crippen molar-refractivity contribution in [2.24, 2.45) is 10.8 Å². The minimum absolute atomic E-state index is 0.0839. The molecule has 0 amide bonds. The Bertz CT molecular complexity index is 1270. The summed E-state index contributed by atoms with van der Waals surface area (Å²) in [4.78, 5) is 42.7. The first-order chi connectivity index (χ1) is 16.8. The quantitative estimate of drug-likeness (QED) is 0.546. The summed E-state index contributed by atoms with van der Waals surface area (Å²) < 4.78 is 17.0. The van der Waals surface area contributed by atoms with E-state index in [-0.39, 0.29) is 16.7 Å². The average molecular weight is 492 g/mol. The van der Waals surface area contributed by atoms with E-state index >= 15 is 0 Å². The van der Waals surface area contributed by atoms with Gasteiger partial charge in [0.25, 0.3) is 0 Å². The maximum Gasteiger partial charge on any atom is 0.355 e. The Labute approximate surface area is 212 Å². The van der Waals surface area contributed by atoms with Gasteiger partial charge in [-0.15, -0.1) is 0 Å². The van der Waals surface area contributed by atoms with Crippen molar-refractivity contribution in [3.05, 3.63) is 76.2 Å². The van der Waals surface area contributed by atoms with Crippen LogP contribution in [0.15, 0.2) is 65.0 Å². The van der Waals surface area contributed by atoms with Gasteiger partial charge in [-0.1, -0.05) is 71.9 Å². The highest BCUT2D eigenvalue weighted by Gasteiger charge is 2.58. The normalized spacial score (nSPS) is 23.6. The van der Waals surface area contributed by atoms with Crippen molar-refractivity contribution in [3.63, 3.8) is 0 Å². The summed E-state index contributed by atoms with van der Waals surface area (Å²) in [7, 11) is 2.45. The molecule has 1 aromatic rings. The Balaban J connectivity index is 2.13. The number of ketones is 1. The van der Waals surface area contributed by atoms with Gasteiger partial charge in [0, 0.05) is 17.3 Å². The maximum atomic E-state index is 14.4. The van der Waals surface area contributed by atoms with Crippen LogP contribution in [0.2, 0.25) is 0 Å². The molecule has 0 bridgehead atoms. The van der Waals surface area contributed by atoms with Gasteiger partial charge in [-0.3, -0.25) is 4.79 Å². The molecule has 4 rings (SSSR count). The SMILES string of the molecule is COC(=O)C1=C(C(=O)OC)C2(C=C(C(C)(C)C)C=C(C(C)(C)C)C2=O)O[C@@H]2c3ccccc3C=CN12. The minimum Gasteiger partial charge on any atom is -0.465 e. The molecular formula is C29H33NO6. The molecule has 7 heteroatoms. The Kier molecular flexibility index (Phi) is 6.12. The highest BCUT2D eigenvalue weighted by atomic mass is 16.6. The third kappa shape index (κ3) is 3.91. The van der Waals surface area contributed by atoms with Gasteiger partial charge < -0.3 is 19.1 Å². The number of Topliss-reactive ketones (excluding diaryl/α,β-unsaturated/α-hetero) is 1. The smallest absolute Gasteiger partial charge is 0.355 e. The van der Waals surface area contributed by atoms with Crippen LogP contribution in [0.4, 0.5) is 0 Å². The first-order valence-corrected chi connectivity index (χ1v) is 11.9. The lowest BCUT2D eigenvalue weighted by Crippen LogP contribution is -2.56. The highest BCUT2D eigenvalue weighted by Crippen LogP contribution is 2.51. The standard InChI is InChI=1S/C29H33NO6/c1-27(2,3)18-15-20(28(4,5)6)23(31)29(16-18)21(25(32)34-7)22(26(33)35-8)30-14-13-17-11-9-10-12-19(17)24(30)36-29/h9-16,24H,1-8H3/t24-,29?/m1/s1. The predicted octanol–water partition coefficient (Wildman–Crippen LogP) is 4.87. The second-order valence-electron chi connectivity index (χ2n) is 11.3. The van der Waals surface area contributed by atoms with Crippen molar-refractivity contribution >= 4 is 23.8 Å². The van der Waals surface area contributed by atoms with Crippen molar-refractivity contribution in [2.75, 3.05) is 14.2 Å². The monoisotopic (exact) mass is 491 g/mol. The second-order valence-corrected chi connectivity index (χ2v) is 11.3. The summed E-state index contributed by atoms with van der Waals surface area (Å²) >= 11 is 0. The molecule has 0 fully saturated rings. The van der Waals surface area contributed by atoms with E-state index in [1.165, 1.54) is 14.2 Å². The predicted molar refractivity (Wildman–Crippen MR) is 135 cm³/mol. The number of hydrogen-bond acceptors (Lipinski definition) is 7. The Morgan fingerprint density at radius 2 is 1.61 bits per heavy atom. The Morgan fingerprint density at radius 3 is 2.19 bits per heavy atom. The van der Waals surface area contributed by atoms with Crippen LogP contribution >= 0.6 is 0 Å². The van der Waals surface area contributed by atoms with Crippen LogP contribution in [0.5, 0.6) is 0 Å². The molecule has 1 aliphatic carbocycles. The largest absolute Gasteiger partial charge is 0.465 e. The number of fused-ring (bicyclic) bond motifs is 3. The van der Waals surface area contributed by atoms with E-state index < -0.39 is 35.0 Å². The van der Waals surface area contributed by atoms with Crippen LogP contribution in [0.1, 0.15) is 58.9 Å². The topological polar surface area (TPSA) is 82.1 Å². The fourth-order valence-electron chi connectivity index (χ4n) is 4.79. The van der Waals surface area contributed by atoms with Crippen LogP contribution in [-0.2, 0) is 28.6 Å². The molecule has 0 saturated carbocycles. The van der Waals surface area contributed by atoms with Crippen LogP contribution in [-0.4, -0.2) is 42.4 Å². The number of esters is 2. The van der Waals surface area contributed by atoms with Crippen LogP contribution in [0, 0.1) is 10.8 Å². The lowest BCUT2D eigenvalue weighted by atomic mass is 9.67. The summed E-state index contributed by atoms with van der Waals surface area (Å²) in [5, 5.41) is 0. The van der Waals surface area contributed by atoms with Crippen molar-refractivity contribution in [2.45, 2.75) is 53.4 Å². The molecule has 3 aliphatic rings. The molecule has 2 heterocycles. The molecule has 0 saturated heterocycles. The van der Waals surface area contributed by atoms with E-state index in [0.717, 1.165) is 16.7 Å². The molecule has 36 heavy (non-hydrogen) atoms. The van der Waals surface area contributed by atoms with Gasteiger partial charge in [-0.2, -0.15) is 0 Å². The number of hydrogen-bond donors (Lipinski definition) is 0. The summed E-state index contributed by atoms with van der Waals surface area (Å²) in [6, 6.07) is 7.57. The summed E-state index contributed by atoms with van der Waals surface area (Å²) in [5.74, 6) is -2.01. The lowest BCUT2D eigenvalue weighted by Gasteiger charge is -2.49. The van der Waals surface area contributed by atoms with Crippen molar-refractivity contribution < 1.29 is 28.6 Å². The lowest BCUT2D eigenvalue weighted by molar-refractivity contribution is -0.166. The minimum atomic E-state index is -1.89. The zero-order valence-corrected chi connectivity index (χ0v) is 22.1. The fourth-order valence-corrected chi connectivity index (χ4v) is 4.79. The second kappa shape index (κ2) is 8.59. The summed E-state index contributed by atoms with van der Waals surface area (Å²) in [5.41, 5.74) is -0.175. The first-order valence-electron chi connectivity index (χ1n) is 11.9. The van der Waals surface area contributed by atoms with E-state index in [4.69, 9.17) is 14.2 Å². The molecule has 0 radical (unpaired) electrons. The molecule has 1 aromatic carbocycles. The van der Waals surface area contributed by atoms with Gasteiger partial charge in [-0.25, -0.2) is 9.59 Å². The molecule has 190 valence electrons. The molecule has 1 unspecified atom stereocenters. The Hall–Kier alpha value is -3.45. The van der Waals surface area contributed by atoms with E-state index in [1.807, 2.05) is 78.0 Å². The van der Waals surface area contributed by atoms with Gasteiger partial charge in [-0.05, 0) is 34.1 Å². The van der Waals surface area contributed by atoms with Crippen molar-refractivity contribution in [1.82, 2.24) is 4.90 Å². The summed E-state index contributed by atoms with van der Waals surface area (Å²) in [6.07, 6.45) is 6.19. The van der Waals surface area contributed by atoms with Gasteiger partial charge in [0.2, 0.25) is 0 Å². The van der Waals surface area contributed by atoms with Gasteiger partial charge in [0.05, 0.1) is 14.2 Å². The Morgan fingerprint density at radius 1 is 0.972 bits per heavy atom. The molecule has 2 aliphatic heterocycles. The number of nitrogens with zero attached hydrogens (tertiary/aromatic N) is 1. The van der Waals surface area contributed by atoms with E-state index in [0.29, 0.717) is 5.57 Å². The van der Waals surface area contributed by atoms with Gasteiger partial charge in [0.15, 0.2) is 17.6 Å². The number of carbonyl (C=O) groups excluding carboxylic acids is 3. The van der Waals surface area contributed by atoms with E-state index in [2.05, 4.69) is 0 Å². The fraction of sp³-hybridized carbons (Fsp3) is 0.414. The molecular weight excluding hydrogens is 458 g/mol. The van der Waals surface area contributed by atoms with Crippen LogP contribution in [0.25, 0.3) is 6.08 Å². The van der Waals surface area contributed by atoms with E-state index in [9.17, 15) is 14.4 Å². The maximum absolute atomic E-state index is 14.4. The van der Waals surface area contributed by atoms with Crippen LogP contribution < -0.4 is 0 Å². The van der Waals surface area contributed by atoms with Crippen molar-refractivity contribution in [1.29, 1.82) is 0 Å². The highest BCUT2D eigenvalue weighted by molar-refractivity contribution is 6.16. The third-order valence-corrected chi connectivity index (χ3v) is 6.78. The average Bonchev–Trinajstić information content (AvgIpc) is 2.82. The number of ether oxygens (including phenoxy) is 3. The first kappa shape index (κ1) is 25.6. The third-order valence-electron chi connectivity index (χ3n) is 6.78. The number of allylic oxidation sites excluding steroid dienone is 2. The number of benzene rings is 1. The molecule has 0 aromatic heterocycles. The van der Waals surface area contributed by atoms with Gasteiger partial charge in [0.1, 0.15) is 11.3 Å². The summed E-state index contributed by atoms with van der Waals surface area (Å²) in [6.45, 7) is 11.9. The van der Waals surface area contributed by atoms with E-state index in [1.54, 1.807) is 17.2 Å². The molecule has 2 atom stereocenters. The number of rotatable bonds is 2. The zero-order valence-electron chi connectivity index (χ0n) is 22.1. The number of carbonyl (C=O) groups is 3. The van der Waals surface area contributed by atoms with Crippen LogP contribution in [0.3, 0.4) is 0 Å². The van der Waals surface area contributed by atoms with Crippen molar-refractivity contribution in [3.8, 4) is 0 Å². The van der Waals surface area contributed by atoms with Gasteiger partial charge >= 0.3 is 11.9 Å². The molecule has 7 nitrogen and oxygen atoms in total. The number of methoxy groups -OCH3 is 2. The zero-order chi connectivity index (χ0) is 26.6.